The predicted octanol–water partition coefficient (Wildman–Crippen LogP) is 4.51. The van der Waals surface area contributed by atoms with E-state index in [9.17, 15) is 4.79 Å². The summed E-state index contributed by atoms with van der Waals surface area (Å²) in [5.74, 6) is 4.03. The van der Waals surface area contributed by atoms with Crippen LogP contribution in [0.3, 0.4) is 0 Å². The maximum absolute atomic E-state index is 13.0. The van der Waals surface area contributed by atoms with E-state index in [0.717, 1.165) is 49.8 Å². The average molecular weight is 453 g/mol. The highest BCUT2D eigenvalue weighted by atomic mass is 35.5. The van der Waals surface area contributed by atoms with Crippen LogP contribution in [0.4, 0.5) is 5.82 Å². The first-order valence-electron chi connectivity index (χ1n) is 11.5. The van der Waals surface area contributed by atoms with Crippen molar-refractivity contribution in [2.75, 3.05) is 31.5 Å². The molecule has 1 saturated heterocycles. The van der Waals surface area contributed by atoms with Crippen LogP contribution in [0.1, 0.15) is 61.7 Å². The zero-order valence-electron chi connectivity index (χ0n) is 17.6. The van der Waals surface area contributed by atoms with E-state index in [1.165, 1.54) is 51.4 Å². The van der Waals surface area contributed by atoms with E-state index in [-0.39, 0.29) is 18.3 Å². The molecule has 5 aliphatic rings. The van der Waals surface area contributed by atoms with Gasteiger partial charge in [-0.15, -0.1) is 12.4 Å². The molecule has 4 bridgehead atoms. The number of hydrogen-bond acceptors (Lipinski definition) is 4. The summed E-state index contributed by atoms with van der Waals surface area (Å²) in [5.41, 5.74) is 0.874. The highest BCUT2D eigenvalue weighted by Gasteiger charge is 2.50. The van der Waals surface area contributed by atoms with Crippen LogP contribution in [0.5, 0.6) is 0 Å². The Kier molecular flexibility index (Phi) is 6.81. The minimum absolute atomic E-state index is 0. The molecule has 1 aromatic heterocycles. The topological polar surface area (TPSA) is 66.1 Å². The average Bonchev–Trinajstić information content (AvgIpc) is 2.71. The molecule has 0 spiro atoms. The number of nitrogens with zero attached hydrogens (tertiary/aromatic N) is 1. The molecule has 5 fully saturated rings. The highest BCUT2D eigenvalue weighted by molar-refractivity contribution is 6.33. The molecular formula is C23H34Cl2N4O. The summed E-state index contributed by atoms with van der Waals surface area (Å²) in [4.78, 5) is 17.3. The van der Waals surface area contributed by atoms with Gasteiger partial charge in [0.2, 0.25) is 0 Å². The molecule has 30 heavy (non-hydrogen) atoms. The van der Waals surface area contributed by atoms with Crippen LogP contribution in [0, 0.1) is 29.1 Å². The second kappa shape index (κ2) is 9.22. The van der Waals surface area contributed by atoms with Gasteiger partial charge in [0.25, 0.3) is 5.91 Å². The van der Waals surface area contributed by atoms with Crippen molar-refractivity contribution in [3.63, 3.8) is 0 Å². The van der Waals surface area contributed by atoms with Crippen molar-refractivity contribution in [1.82, 2.24) is 15.6 Å². The first-order chi connectivity index (χ1) is 14.1. The molecule has 6 rings (SSSR count). The monoisotopic (exact) mass is 452 g/mol. The van der Waals surface area contributed by atoms with Crippen LogP contribution in [-0.4, -0.2) is 37.1 Å². The van der Waals surface area contributed by atoms with Crippen LogP contribution >= 0.6 is 24.0 Å². The van der Waals surface area contributed by atoms with Crippen LogP contribution in [-0.2, 0) is 0 Å². The van der Waals surface area contributed by atoms with Gasteiger partial charge in [-0.05, 0) is 99.6 Å². The first-order valence-corrected chi connectivity index (χ1v) is 11.8. The summed E-state index contributed by atoms with van der Waals surface area (Å²) in [7, 11) is 0. The predicted molar refractivity (Wildman–Crippen MR) is 124 cm³/mol. The smallest absolute Gasteiger partial charge is 0.253 e. The van der Waals surface area contributed by atoms with E-state index in [2.05, 4.69) is 20.9 Å². The molecule has 4 aliphatic carbocycles. The maximum Gasteiger partial charge on any atom is 0.253 e. The van der Waals surface area contributed by atoms with Gasteiger partial charge in [0.1, 0.15) is 5.82 Å². The van der Waals surface area contributed by atoms with Crippen LogP contribution in [0.25, 0.3) is 0 Å². The van der Waals surface area contributed by atoms with E-state index in [1.54, 1.807) is 6.20 Å². The number of anilines is 1. The molecule has 0 atom stereocenters. The van der Waals surface area contributed by atoms with E-state index >= 15 is 0 Å². The lowest BCUT2D eigenvalue weighted by Crippen LogP contribution is -2.51. The Bertz CT molecular complexity index is 730. The Balaban J connectivity index is 0.00000218. The number of aromatic nitrogens is 1. The molecule has 0 unspecified atom stereocenters. The van der Waals surface area contributed by atoms with Gasteiger partial charge >= 0.3 is 0 Å². The van der Waals surface area contributed by atoms with E-state index in [0.29, 0.717) is 21.9 Å². The van der Waals surface area contributed by atoms with Crippen molar-refractivity contribution in [2.45, 2.75) is 51.4 Å². The Morgan fingerprint density at radius 1 is 1.13 bits per heavy atom. The zero-order valence-corrected chi connectivity index (χ0v) is 19.2. The summed E-state index contributed by atoms with van der Waals surface area (Å²) < 4.78 is 0. The largest absolute Gasteiger partial charge is 0.370 e. The van der Waals surface area contributed by atoms with Gasteiger partial charge in [-0.25, -0.2) is 4.98 Å². The number of rotatable bonds is 6. The normalized spacial score (nSPS) is 32.5. The Hall–Kier alpha value is -1.04. The summed E-state index contributed by atoms with van der Waals surface area (Å²) >= 11 is 6.34. The molecule has 0 radical (unpaired) electrons. The molecule has 3 N–H and O–H groups in total. The minimum atomic E-state index is -0.0574. The molecule has 166 valence electrons. The minimum Gasteiger partial charge on any atom is -0.370 e. The third-order valence-electron chi connectivity index (χ3n) is 7.92. The van der Waals surface area contributed by atoms with Crippen molar-refractivity contribution in [3.05, 3.63) is 22.8 Å². The molecule has 4 saturated carbocycles. The number of carbonyl (C=O) groups is 1. The summed E-state index contributed by atoms with van der Waals surface area (Å²) in [6.45, 7) is 3.85. The number of nitrogens with one attached hydrogen (secondary N) is 3. The summed E-state index contributed by atoms with van der Waals surface area (Å²) in [6.07, 6.45) is 12.1. The molecule has 1 aromatic rings. The van der Waals surface area contributed by atoms with Crippen LogP contribution < -0.4 is 16.0 Å². The lowest BCUT2D eigenvalue weighted by Gasteiger charge is -2.56. The number of pyridine rings is 1. The van der Waals surface area contributed by atoms with Crippen LogP contribution in [0.2, 0.25) is 5.02 Å². The number of halogens is 2. The van der Waals surface area contributed by atoms with Gasteiger partial charge in [-0.1, -0.05) is 11.6 Å². The Morgan fingerprint density at radius 3 is 2.40 bits per heavy atom. The van der Waals surface area contributed by atoms with Gasteiger partial charge in [0.15, 0.2) is 0 Å². The highest BCUT2D eigenvalue weighted by Crippen LogP contribution is 2.59. The van der Waals surface area contributed by atoms with E-state index in [4.69, 9.17) is 11.6 Å². The number of carbonyl (C=O) groups excluding carboxylic acids is 1. The molecule has 1 aliphatic heterocycles. The fourth-order valence-electron chi connectivity index (χ4n) is 6.91. The van der Waals surface area contributed by atoms with Gasteiger partial charge in [-0.2, -0.15) is 0 Å². The number of piperidine rings is 1. The summed E-state index contributed by atoms with van der Waals surface area (Å²) in [5, 5.41) is 10.5. The van der Waals surface area contributed by atoms with Gasteiger partial charge in [0, 0.05) is 19.3 Å². The van der Waals surface area contributed by atoms with Crippen molar-refractivity contribution in [1.29, 1.82) is 0 Å². The molecule has 7 heteroatoms. The van der Waals surface area contributed by atoms with Gasteiger partial charge in [-0.3, -0.25) is 4.79 Å². The van der Waals surface area contributed by atoms with Crippen molar-refractivity contribution < 1.29 is 4.79 Å². The van der Waals surface area contributed by atoms with E-state index in [1.807, 2.05) is 6.07 Å². The van der Waals surface area contributed by atoms with Crippen molar-refractivity contribution >= 4 is 35.7 Å². The molecule has 1 amide bonds. The fraction of sp³-hybridized carbons (Fsp3) is 0.739. The lowest BCUT2D eigenvalue weighted by atomic mass is 9.49. The second-order valence-electron chi connectivity index (χ2n) is 10.2. The quantitative estimate of drug-likeness (QED) is 0.593. The molecular weight excluding hydrogens is 419 g/mol. The number of amides is 1. The first kappa shape index (κ1) is 22.2. The SMILES string of the molecule is Cl.O=C(NCC12CC3CC(CC(C3)C1)C2)c1cc(NCC2CCNCC2)ncc1Cl. The Morgan fingerprint density at radius 2 is 1.77 bits per heavy atom. The molecule has 5 nitrogen and oxygen atoms in total. The van der Waals surface area contributed by atoms with Crippen molar-refractivity contribution in [2.24, 2.45) is 29.1 Å². The lowest BCUT2D eigenvalue weighted by molar-refractivity contribution is -0.0503. The van der Waals surface area contributed by atoms with E-state index < -0.39 is 0 Å². The third-order valence-corrected chi connectivity index (χ3v) is 8.22. The van der Waals surface area contributed by atoms with Crippen molar-refractivity contribution in [3.8, 4) is 0 Å². The summed E-state index contributed by atoms with van der Waals surface area (Å²) in [6, 6.07) is 1.82. The number of hydrogen-bond donors (Lipinski definition) is 3. The molecule has 0 aromatic carbocycles. The van der Waals surface area contributed by atoms with Gasteiger partial charge < -0.3 is 16.0 Å². The third kappa shape index (κ3) is 4.73. The molecule has 2 heterocycles. The second-order valence-corrected chi connectivity index (χ2v) is 10.6. The van der Waals surface area contributed by atoms with Gasteiger partial charge in [0.05, 0.1) is 10.6 Å². The maximum atomic E-state index is 13.0. The van der Waals surface area contributed by atoms with Crippen LogP contribution in [0.15, 0.2) is 12.3 Å². The Labute approximate surface area is 190 Å². The standard InChI is InChI=1S/C23H33ClN4O.ClH/c24-20-13-27-21(26-12-15-1-3-25-4-2-15)8-19(20)22(29)28-14-23-9-16-5-17(10-23)7-18(6-16)11-23;/h8,13,15-18,25H,1-7,9-12,14H2,(H,26,27)(H,28,29);1H. The zero-order chi connectivity index (χ0) is 19.8. The fourth-order valence-corrected chi connectivity index (χ4v) is 7.10.